The van der Waals surface area contributed by atoms with Gasteiger partial charge >= 0.3 is 0 Å². The Labute approximate surface area is 191 Å². The number of guanidine groups is 1. The predicted molar refractivity (Wildman–Crippen MR) is 129 cm³/mol. The Hall–Kier alpha value is -1.97. The fourth-order valence-electron chi connectivity index (χ4n) is 3.07. The predicted octanol–water partition coefficient (Wildman–Crippen LogP) is 3.88. The summed E-state index contributed by atoms with van der Waals surface area (Å²) in [6.07, 6.45) is 0. The molecule has 162 valence electrons. The molecule has 0 bridgehead atoms. The van der Waals surface area contributed by atoms with Crippen molar-refractivity contribution < 1.29 is 9.47 Å². The highest BCUT2D eigenvalue weighted by molar-refractivity contribution is 14.0. The van der Waals surface area contributed by atoms with Gasteiger partial charge < -0.3 is 20.1 Å². The van der Waals surface area contributed by atoms with Crippen LogP contribution in [0.3, 0.4) is 0 Å². The lowest BCUT2D eigenvalue weighted by Crippen LogP contribution is -2.38. The molecule has 1 aromatic carbocycles. The van der Waals surface area contributed by atoms with Crippen molar-refractivity contribution in [2.45, 2.75) is 47.2 Å². The topological polar surface area (TPSA) is 72.7 Å². The van der Waals surface area contributed by atoms with Crippen molar-refractivity contribution in [1.82, 2.24) is 20.4 Å². The van der Waals surface area contributed by atoms with Crippen LogP contribution in [0.25, 0.3) is 0 Å². The van der Waals surface area contributed by atoms with Crippen molar-refractivity contribution in [3.63, 3.8) is 0 Å². The van der Waals surface area contributed by atoms with Crippen molar-refractivity contribution in [3.05, 3.63) is 40.7 Å². The molecule has 1 atom stereocenters. The number of aromatic nitrogens is 2. The summed E-state index contributed by atoms with van der Waals surface area (Å²) < 4.78 is 13.3. The largest absolute Gasteiger partial charge is 0.490 e. The Balaban J connectivity index is 0.00000420. The number of benzene rings is 1. The van der Waals surface area contributed by atoms with Crippen LogP contribution < -0.4 is 20.1 Å². The number of halogens is 1. The lowest BCUT2D eigenvalue weighted by molar-refractivity contribution is 0.287. The van der Waals surface area contributed by atoms with Crippen LogP contribution in [0.1, 0.15) is 49.3 Å². The molecule has 0 saturated carbocycles. The van der Waals surface area contributed by atoms with Crippen molar-refractivity contribution in [2.24, 2.45) is 12.0 Å². The highest BCUT2D eigenvalue weighted by Crippen LogP contribution is 2.30. The summed E-state index contributed by atoms with van der Waals surface area (Å²) >= 11 is 0. The van der Waals surface area contributed by atoms with Crippen molar-refractivity contribution in [1.29, 1.82) is 0 Å². The minimum Gasteiger partial charge on any atom is -0.490 e. The van der Waals surface area contributed by atoms with E-state index in [-0.39, 0.29) is 30.0 Å². The molecule has 29 heavy (non-hydrogen) atoms. The third-order valence-corrected chi connectivity index (χ3v) is 4.74. The average Bonchev–Trinajstić information content (AvgIpc) is 2.92. The maximum atomic E-state index is 5.74. The first-order valence-electron chi connectivity index (χ1n) is 9.76. The number of aliphatic imine (C=N–C) groups is 1. The van der Waals surface area contributed by atoms with E-state index in [2.05, 4.69) is 34.6 Å². The normalized spacial score (nSPS) is 12.2. The molecule has 2 N–H and O–H groups in total. The second kappa shape index (κ2) is 11.9. The van der Waals surface area contributed by atoms with E-state index in [4.69, 9.17) is 9.47 Å². The van der Waals surface area contributed by atoms with Crippen LogP contribution in [-0.4, -0.2) is 36.0 Å². The molecule has 0 aliphatic heterocycles. The highest BCUT2D eigenvalue weighted by Gasteiger charge is 2.14. The van der Waals surface area contributed by atoms with E-state index in [9.17, 15) is 0 Å². The van der Waals surface area contributed by atoms with E-state index in [1.807, 2.05) is 50.7 Å². The van der Waals surface area contributed by atoms with Gasteiger partial charge in [0.1, 0.15) is 0 Å². The summed E-state index contributed by atoms with van der Waals surface area (Å²) in [5, 5.41) is 11.3. The molecule has 0 saturated heterocycles. The maximum absolute atomic E-state index is 5.74. The SMILES string of the molecule is CCOc1ccc(C(C)NC(=NC)NCc2c(C)nn(C)c2C)cc1OCC.I. The Bertz CT molecular complexity index is 820. The van der Waals surface area contributed by atoms with Gasteiger partial charge in [0, 0.05) is 31.9 Å². The molecule has 0 aliphatic carbocycles. The lowest BCUT2D eigenvalue weighted by atomic mass is 10.1. The average molecular weight is 515 g/mol. The zero-order valence-electron chi connectivity index (χ0n) is 18.5. The summed E-state index contributed by atoms with van der Waals surface area (Å²) in [5.74, 6) is 2.27. The van der Waals surface area contributed by atoms with Gasteiger partial charge in [-0.15, -0.1) is 24.0 Å². The summed E-state index contributed by atoms with van der Waals surface area (Å²) in [4.78, 5) is 4.35. The minimum atomic E-state index is 0. The fraction of sp³-hybridized carbons (Fsp3) is 0.524. The van der Waals surface area contributed by atoms with Crippen LogP contribution in [0, 0.1) is 13.8 Å². The Morgan fingerprint density at radius 2 is 1.83 bits per heavy atom. The van der Waals surface area contributed by atoms with E-state index in [1.54, 1.807) is 7.05 Å². The Kier molecular flexibility index (Phi) is 10.3. The summed E-state index contributed by atoms with van der Waals surface area (Å²) in [6, 6.07) is 6.08. The number of aryl methyl sites for hydroxylation is 2. The first-order chi connectivity index (χ1) is 13.4. The number of hydrogen-bond donors (Lipinski definition) is 2. The van der Waals surface area contributed by atoms with Crippen molar-refractivity contribution >= 4 is 29.9 Å². The summed E-state index contributed by atoms with van der Waals surface area (Å²) in [5.41, 5.74) is 4.48. The second-order valence-corrected chi connectivity index (χ2v) is 6.64. The first kappa shape index (κ1) is 25.1. The van der Waals surface area contributed by atoms with Gasteiger partial charge in [0.2, 0.25) is 0 Å². The van der Waals surface area contributed by atoms with Crippen LogP contribution >= 0.6 is 24.0 Å². The van der Waals surface area contributed by atoms with Gasteiger partial charge in [-0.05, 0) is 52.3 Å². The van der Waals surface area contributed by atoms with Gasteiger partial charge in [0.05, 0.1) is 24.9 Å². The second-order valence-electron chi connectivity index (χ2n) is 6.64. The van der Waals surface area contributed by atoms with E-state index in [0.717, 1.165) is 34.4 Å². The van der Waals surface area contributed by atoms with E-state index in [0.29, 0.717) is 19.8 Å². The van der Waals surface area contributed by atoms with Crippen molar-refractivity contribution in [3.8, 4) is 11.5 Å². The Morgan fingerprint density at radius 1 is 1.17 bits per heavy atom. The monoisotopic (exact) mass is 515 g/mol. The van der Waals surface area contributed by atoms with Crippen molar-refractivity contribution in [2.75, 3.05) is 20.3 Å². The van der Waals surface area contributed by atoms with Crippen LogP contribution in [0.5, 0.6) is 11.5 Å². The third kappa shape index (κ3) is 6.52. The van der Waals surface area contributed by atoms with Crippen LogP contribution in [0.4, 0.5) is 0 Å². The molecule has 8 heteroatoms. The number of nitrogens with zero attached hydrogens (tertiary/aromatic N) is 3. The smallest absolute Gasteiger partial charge is 0.191 e. The number of hydrogen-bond acceptors (Lipinski definition) is 4. The quantitative estimate of drug-likeness (QED) is 0.317. The zero-order chi connectivity index (χ0) is 20.7. The Morgan fingerprint density at radius 3 is 2.38 bits per heavy atom. The maximum Gasteiger partial charge on any atom is 0.191 e. The molecule has 1 heterocycles. The molecule has 7 nitrogen and oxygen atoms in total. The van der Waals surface area contributed by atoms with Crippen LogP contribution in [0.2, 0.25) is 0 Å². The van der Waals surface area contributed by atoms with E-state index in [1.165, 1.54) is 5.56 Å². The molecule has 0 amide bonds. The molecule has 2 rings (SSSR count). The number of rotatable bonds is 8. The van der Waals surface area contributed by atoms with Gasteiger partial charge in [-0.25, -0.2) is 0 Å². The highest BCUT2D eigenvalue weighted by atomic mass is 127. The molecule has 0 spiro atoms. The first-order valence-corrected chi connectivity index (χ1v) is 9.76. The van der Waals surface area contributed by atoms with E-state index >= 15 is 0 Å². The molecule has 0 radical (unpaired) electrons. The molecule has 1 aromatic heterocycles. The third-order valence-electron chi connectivity index (χ3n) is 4.74. The minimum absolute atomic E-state index is 0. The molecule has 2 aromatic rings. The number of nitrogens with one attached hydrogen (secondary N) is 2. The molecular weight excluding hydrogens is 481 g/mol. The van der Waals surface area contributed by atoms with Gasteiger partial charge in [-0.3, -0.25) is 9.67 Å². The molecule has 1 unspecified atom stereocenters. The van der Waals surface area contributed by atoms with E-state index < -0.39 is 0 Å². The summed E-state index contributed by atoms with van der Waals surface area (Å²) in [7, 11) is 3.73. The standard InChI is InChI=1S/C21H33N5O2.HI/c1-8-27-19-11-10-17(12-20(19)28-9-2)14(3)24-21(22-6)23-13-18-15(4)25-26(7)16(18)5;/h10-12,14H,8-9,13H2,1-7H3,(H2,22,23,24);1H. The molecular formula is C21H34IN5O2. The van der Waals surface area contributed by atoms with Gasteiger partial charge in [-0.2, -0.15) is 5.10 Å². The molecule has 0 aliphatic rings. The molecule has 0 fully saturated rings. The lowest BCUT2D eigenvalue weighted by Gasteiger charge is -2.20. The number of ether oxygens (including phenoxy) is 2. The van der Waals surface area contributed by atoms with Crippen LogP contribution in [-0.2, 0) is 13.6 Å². The van der Waals surface area contributed by atoms with Crippen LogP contribution in [0.15, 0.2) is 23.2 Å². The van der Waals surface area contributed by atoms with Gasteiger partial charge in [0.15, 0.2) is 17.5 Å². The zero-order valence-corrected chi connectivity index (χ0v) is 20.8. The van der Waals surface area contributed by atoms with Gasteiger partial charge in [0.25, 0.3) is 0 Å². The van der Waals surface area contributed by atoms with Gasteiger partial charge in [-0.1, -0.05) is 6.07 Å². The summed E-state index contributed by atoms with van der Waals surface area (Å²) in [6.45, 7) is 12.0. The fourth-order valence-corrected chi connectivity index (χ4v) is 3.07.